The maximum atomic E-state index is 12.3. The molecule has 3 rings (SSSR count). The topological polar surface area (TPSA) is 49.4 Å². The molecule has 1 aliphatic heterocycles. The van der Waals surface area contributed by atoms with Gasteiger partial charge >= 0.3 is 0 Å². The second-order valence-corrected chi connectivity index (χ2v) is 7.17. The number of carbonyl (C=O) groups excluding carboxylic acids is 2. The summed E-state index contributed by atoms with van der Waals surface area (Å²) in [4.78, 5) is 25.9. The Bertz CT molecular complexity index is 579. The van der Waals surface area contributed by atoms with Gasteiger partial charge in [-0.05, 0) is 42.9 Å². The molecule has 1 heterocycles. The van der Waals surface area contributed by atoms with Gasteiger partial charge in [0.05, 0.1) is 0 Å². The van der Waals surface area contributed by atoms with Gasteiger partial charge in [0.15, 0.2) is 0 Å². The highest BCUT2D eigenvalue weighted by molar-refractivity contribution is 5.94. The van der Waals surface area contributed by atoms with Gasteiger partial charge in [-0.2, -0.15) is 0 Å². The molecule has 1 aliphatic carbocycles. The first-order valence-electron chi connectivity index (χ1n) is 9.37. The van der Waals surface area contributed by atoms with E-state index in [1.807, 2.05) is 29.2 Å². The first kappa shape index (κ1) is 17.0. The molecule has 24 heavy (non-hydrogen) atoms. The van der Waals surface area contributed by atoms with Crippen LogP contribution in [0, 0.1) is 5.92 Å². The second-order valence-electron chi connectivity index (χ2n) is 7.17. The summed E-state index contributed by atoms with van der Waals surface area (Å²) < 4.78 is 0. The molecule has 1 saturated carbocycles. The van der Waals surface area contributed by atoms with Crippen LogP contribution >= 0.6 is 0 Å². The molecule has 0 spiro atoms. The standard InChI is InChI=1S/C20H28N2O2/c23-19-11-5-13-22(19)15-17-8-3-10-18(14-17)20(24)21-12-4-9-16-6-1-2-7-16/h3,8,10,14,16H,1-2,4-7,9,11-13,15H2,(H,21,24). The second kappa shape index (κ2) is 8.32. The number of amides is 2. The lowest BCUT2D eigenvalue weighted by atomic mass is 10.0. The lowest BCUT2D eigenvalue weighted by Crippen LogP contribution is -2.26. The van der Waals surface area contributed by atoms with Crippen molar-refractivity contribution in [2.24, 2.45) is 5.92 Å². The third kappa shape index (κ3) is 4.59. The maximum absolute atomic E-state index is 12.3. The van der Waals surface area contributed by atoms with Crippen molar-refractivity contribution in [1.82, 2.24) is 10.2 Å². The van der Waals surface area contributed by atoms with Crippen molar-refractivity contribution in [3.8, 4) is 0 Å². The third-order valence-electron chi connectivity index (χ3n) is 5.28. The molecule has 0 aromatic heterocycles. The minimum absolute atomic E-state index is 0.00368. The fraction of sp³-hybridized carbons (Fsp3) is 0.600. The number of carbonyl (C=O) groups is 2. The summed E-state index contributed by atoms with van der Waals surface area (Å²) in [6.45, 7) is 2.20. The van der Waals surface area contributed by atoms with E-state index in [4.69, 9.17) is 0 Å². The summed E-state index contributed by atoms with van der Waals surface area (Å²) in [6.07, 6.45) is 9.39. The van der Waals surface area contributed by atoms with Gasteiger partial charge in [0.1, 0.15) is 0 Å². The highest BCUT2D eigenvalue weighted by Crippen LogP contribution is 2.28. The molecular weight excluding hydrogens is 300 g/mol. The first-order chi connectivity index (χ1) is 11.7. The van der Waals surface area contributed by atoms with Crippen LogP contribution in [0.1, 0.15) is 67.3 Å². The van der Waals surface area contributed by atoms with E-state index in [9.17, 15) is 9.59 Å². The average molecular weight is 328 g/mol. The van der Waals surface area contributed by atoms with Crippen molar-refractivity contribution in [1.29, 1.82) is 0 Å². The Balaban J connectivity index is 1.45. The van der Waals surface area contributed by atoms with Crippen LogP contribution in [-0.2, 0) is 11.3 Å². The predicted octanol–water partition coefficient (Wildman–Crippen LogP) is 3.51. The van der Waals surface area contributed by atoms with Crippen molar-refractivity contribution in [2.45, 2.75) is 57.9 Å². The monoisotopic (exact) mass is 328 g/mol. The van der Waals surface area contributed by atoms with Crippen LogP contribution in [0.2, 0.25) is 0 Å². The summed E-state index contributed by atoms with van der Waals surface area (Å²) >= 11 is 0. The van der Waals surface area contributed by atoms with Gasteiger partial charge < -0.3 is 10.2 Å². The Kier molecular flexibility index (Phi) is 5.89. The molecular formula is C20H28N2O2. The highest BCUT2D eigenvalue weighted by Gasteiger charge is 2.20. The maximum Gasteiger partial charge on any atom is 0.251 e. The molecule has 0 bridgehead atoms. The van der Waals surface area contributed by atoms with E-state index >= 15 is 0 Å². The lowest BCUT2D eigenvalue weighted by molar-refractivity contribution is -0.128. The van der Waals surface area contributed by atoms with E-state index in [1.54, 1.807) is 0 Å². The van der Waals surface area contributed by atoms with E-state index in [-0.39, 0.29) is 11.8 Å². The number of nitrogens with zero attached hydrogens (tertiary/aromatic N) is 1. The largest absolute Gasteiger partial charge is 0.352 e. The summed E-state index contributed by atoms with van der Waals surface area (Å²) in [5.41, 5.74) is 1.73. The van der Waals surface area contributed by atoms with Crippen LogP contribution in [0.15, 0.2) is 24.3 Å². The van der Waals surface area contributed by atoms with Gasteiger partial charge in [-0.1, -0.05) is 37.8 Å². The van der Waals surface area contributed by atoms with E-state index in [0.29, 0.717) is 18.5 Å². The van der Waals surface area contributed by atoms with E-state index in [0.717, 1.165) is 37.4 Å². The van der Waals surface area contributed by atoms with Crippen LogP contribution in [-0.4, -0.2) is 29.8 Å². The van der Waals surface area contributed by atoms with Gasteiger partial charge in [0.2, 0.25) is 5.91 Å². The molecule has 2 aliphatic rings. The third-order valence-corrected chi connectivity index (χ3v) is 5.28. The number of hydrogen-bond acceptors (Lipinski definition) is 2. The van der Waals surface area contributed by atoms with E-state index in [2.05, 4.69) is 5.32 Å². The molecule has 130 valence electrons. The molecule has 4 nitrogen and oxygen atoms in total. The molecule has 4 heteroatoms. The number of likely N-dealkylation sites (tertiary alicyclic amines) is 1. The molecule has 1 saturated heterocycles. The van der Waals surface area contributed by atoms with Crippen molar-refractivity contribution in [3.63, 3.8) is 0 Å². The fourth-order valence-corrected chi connectivity index (χ4v) is 3.90. The van der Waals surface area contributed by atoms with Crippen LogP contribution in [0.3, 0.4) is 0 Å². The Hall–Kier alpha value is -1.84. The van der Waals surface area contributed by atoms with Crippen LogP contribution < -0.4 is 5.32 Å². The average Bonchev–Trinajstić information content (AvgIpc) is 3.24. The normalized spacial score (nSPS) is 18.3. The molecule has 0 unspecified atom stereocenters. The number of nitrogens with one attached hydrogen (secondary N) is 1. The van der Waals surface area contributed by atoms with Gasteiger partial charge in [-0.25, -0.2) is 0 Å². The van der Waals surface area contributed by atoms with Gasteiger partial charge in [-0.3, -0.25) is 9.59 Å². The summed E-state index contributed by atoms with van der Waals surface area (Å²) in [6, 6.07) is 7.66. The van der Waals surface area contributed by atoms with Crippen molar-refractivity contribution in [2.75, 3.05) is 13.1 Å². The molecule has 1 aromatic rings. The Morgan fingerprint density at radius 3 is 2.79 bits per heavy atom. The van der Waals surface area contributed by atoms with Crippen LogP contribution in [0.5, 0.6) is 0 Å². The minimum Gasteiger partial charge on any atom is -0.352 e. The predicted molar refractivity (Wildman–Crippen MR) is 94.6 cm³/mol. The number of hydrogen-bond donors (Lipinski definition) is 1. The zero-order valence-electron chi connectivity index (χ0n) is 14.4. The van der Waals surface area contributed by atoms with Crippen molar-refractivity contribution < 1.29 is 9.59 Å². The summed E-state index contributed by atoms with van der Waals surface area (Å²) in [7, 11) is 0. The molecule has 1 aromatic carbocycles. The van der Waals surface area contributed by atoms with Gasteiger partial charge in [0.25, 0.3) is 5.91 Å². The lowest BCUT2D eigenvalue weighted by Gasteiger charge is -2.16. The molecule has 2 fully saturated rings. The molecule has 1 N–H and O–H groups in total. The van der Waals surface area contributed by atoms with Gasteiger partial charge in [-0.15, -0.1) is 0 Å². The minimum atomic E-state index is -0.00368. The molecule has 0 atom stereocenters. The zero-order valence-corrected chi connectivity index (χ0v) is 14.4. The molecule has 0 radical (unpaired) electrons. The quantitative estimate of drug-likeness (QED) is 0.779. The van der Waals surface area contributed by atoms with E-state index in [1.165, 1.54) is 32.1 Å². The first-order valence-corrected chi connectivity index (χ1v) is 9.37. The van der Waals surface area contributed by atoms with Crippen LogP contribution in [0.4, 0.5) is 0 Å². The van der Waals surface area contributed by atoms with Crippen LogP contribution in [0.25, 0.3) is 0 Å². The smallest absolute Gasteiger partial charge is 0.251 e. The van der Waals surface area contributed by atoms with Crippen molar-refractivity contribution >= 4 is 11.8 Å². The Morgan fingerprint density at radius 1 is 1.21 bits per heavy atom. The fourth-order valence-electron chi connectivity index (χ4n) is 3.90. The Labute approximate surface area is 144 Å². The Morgan fingerprint density at radius 2 is 2.04 bits per heavy atom. The van der Waals surface area contributed by atoms with Gasteiger partial charge in [0, 0.05) is 31.6 Å². The summed E-state index contributed by atoms with van der Waals surface area (Å²) in [5.74, 6) is 1.09. The summed E-state index contributed by atoms with van der Waals surface area (Å²) in [5, 5.41) is 3.03. The molecule has 2 amide bonds. The van der Waals surface area contributed by atoms with Crippen molar-refractivity contribution in [3.05, 3.63) is 35.4 Å². The SMILES string of the molecule is O=C(NCCCC1CCCC1)c1cccc(CN2CCCC2=O)c1. The van der Waals surface area contributed by atoms with E-state index < -0.39 is 0 Å². The zero-order chi connectivity index (χ0) is 16.8. The number of benzene rings is 1. The number of rotatable bonds is 7. The highest BCUT2D eigenvalue weighted by atomic mass is 16.2.